The Labute approximate surface area is 110 Å². The lowest BCUT2D eigenvalue weighted by Crippen LogP contribution is -2.33. The average Bonchev–Trinajstić information content (AvgIpc) is 2.46. The number of nitrogens with zero attached hydrogens (tertiary/aromatic N) is 2. The molecule has 2 heterocycles. The zero-order valence-corrected chi connectivity index (χ0v) is 10.7. The van der Waals surface area contributed by atoms with Crippen LogP contribution in [0.1, 0.15) is 23.0 Å². The highest BCUT2D eigenvalue weighted by Crippen LogP contribution is 2.05. The first kappa shape index (κ1) is 13.0. The Balaban J connectivity index is 2.21. The molecule has 2 rings (SSSR count). The minimum Gasteiger partial charge on any atom is -0.367 e. The fourth-order valence-electron chi connectivity index (χ4n) is 1.77. The van der Waals surface area contributed by atoms with E-state index in [1.807, 2.05) is 25.1 Å². The van der Waals surface area contributed by atoms with Gasteiger partial charge >= 0.3 is 0 Å². The van der Waals surface area contributed by atoms with E-state index in [0.29, 0.717) is 13.1 Å². The van der Waals surface area contributed by atoms with Crippen LogP contribution in [-0.2, 0) is 6.54 Å². The van der Waals surface area contributed by atoms with Crippen LogP contribution >= 0.6 is 0 Å². The number of amides is 1. The van der Waals surface area contributed by atoms with Gasteiger partial charge < -0.3 is 9.88 Å². The van der Waals surface area contributed by atoms with Crippen LogP contribution in [0.5, 0.6) is 0 Å². The molecule has 1 amide bonds. The summed E-state index contributed by atoms with van der Waals surface area (Å²) in [5.74, 6) is -0.282. The molecule has 0 aliphatic carbocycles. The number of hydrogen-bond acceptors (Lipinski definition) is 3. The first-order valence-corrected chi connectivity index (χ1v) is 6.08. The molecule has 1 N–H and O–H groups in total. The molecule has 0 radical (unpaired) electrons. The second-order valence-electron chi connectivity index (χ2n) is 4.06. The Morgan fingerprint density at radius 2 is 2.21 bits per heavy atom. The lowest BCUT2D eigenvalue weighted by molar-refractivity contribution is 0.0749. The Kier molecular flexibility index (Phi) is 4.07. The van der Waals surface area contributed by atoms with Gasteiger partial charge in [-0.1, -0.05) is 6.07 Å². The quantitative estimate of drug-likeness (QED) is 0.901. The van der Waals surface area contributed by atoms with Gasteiger partial charge in [-0.25, -0.2) is 0 Å². The summed E-state index contributed by atoms with van der Waals surface area (Å²) < 4.78 is 0. The fraction of sp³-hybridized carbons (Fsp3) is 0.214. The molecule has 0 bridgehead atoms. The van der Waals surface area contributed by atoms with Crippen molar-refractivity contribution in [1.82, 2.24) is 14.9 Å². The number of carbonyl (C=O) groups excluding carboxylic acids is 1. The van der Waals surface area contributed by atoms with E-state index in [0.717, 1.165) is 5.69 Å². The van der Waals surface area contributed by atoms with E-state index in [1.54, 1.807) is 11.1 Å². The van der Waals surface area contributed by atoms with Gasteiger partial charge in [-0.2, -0.15) is 0 Å². The van der Waals surface area contributed by atoms with E-state index < -0.39 is 0 Å². The van der Waals surface area contributed by atoms with E-state index in [-0.39, 0.29) is 16.9 Å². The Hall–Kier alpha value is -2.43. The van der Waals surface area contributed by atoms with Crippen molar-refractivity contribution >= 4 is 5.91 Å². The molecule has 0 saturated carbocycles. The lowest BCUT2D eigenvalue weighted by Gasteiger charge is -2.20. The molecule has 5 nitrogen and oxygen atoms in total. The number of rotatable bonds is 4. The van der Waals surface area contributed by atoms with Gasteiger partial charge in [0, 0.05) is 31.2 Å². The van der Waals surface area contributed by atoms with Crippen molar-refractivity contribution in [2.75, 3.05) is 6.54 Å². The molecular formula is C14H15N3O2. The molecule has 0 fully saturated rings. The molecule has 0 aliphatic heterocycles. The summed E-state index contributed by atoms with van der Waals surface area (Å²) in [6.45, 7) is 2.78. The number of nitrogens with one attached hydrogen (secondary N) is 1. The number of hydrogen-bond donors (Lipinski definition) is 1. The largest absolute Gasteiger partial charge is 0.367 e. The highest BCUT2D eigenvalue weighted by atomic mass is 16.2. The van der Waals surface area contributed by atoms with Crippen LogP contribution in [0.3, 0.4) is 0 Å². The fourth-order valence-corrected chi connectivity index (χ4v) is 1.77. The van der Waals surface area contributed by atoms with Crippen molar-refractivity contribution in [2.45, 2.75) is 13.5 Å². The van der Waals surface area contributed by atoms with E-state index in [1.165, 1.54) is 18.5 Å². The topological polar surface area (TPSA) is 66.1 Å². The smallest absolute Gasteiger partial charge is 0.259 e. The minimum atomic E-state index is -0.282. The second-order valence-corrected chi connectivity index (χ2v) is 4.06. The molecule has 0 saturated heterocycles. The number of aromatic nitrogens is 2. The molecular weight excluding hydrogens is 242 g/mol. The van der Waals surface area contributed by atoms with Gasteiger partial charge in [0.05, 0.1) is 12.2 Å². The van der Waals surface area contributed by atoms with E-state index >= 15 is 0 Å². The average molecular weight is 257 g/mol. The van der Waals surface area contributed by atoms with Gasteiger partial charge in [-0.15, -0.1) is 0 Å². The summed E-state index contributed by atoms with van der Waals surface area (Å²) in [5.41, 5.74) is 0.675. The molecule has 0 atom stereocenters. The summed E-state index contributed by atoms with van der Waals surface area (Å²) in [7, 11) is 0. The summed E-state index contributed by atoms with van der Waals surface area (Å²) in [6.07, 6.45) is 4.63. The predicted molar refractivity (Wildman–Crippen MR) is 71.7 cm³/mol. The van der Waals surface area contributed by atoms with Crippen LogP contribution in [-0.4, -0.2) is 27.3 Å². The maximum absolute atomic E-state index is 12.3. The van der Waals surface area contributed by atoms with Gasteiger partial charge in [0.2, 0.25) is 0 Å². The van der Waals surface area contributed by atoms with Crippen LogP contribution in [0.2, 0.25) is 0 Å². The van der Waals surface area contributed by atoms with E-state index in [4.69, 9.17) is 0 Å². The highest BCUT2D eigenvalue weighted by Gasteiger charge is 2.17. The van der Waals surface area contributed by atoms with Crippen molar-refractivity contribution < 1.29 is 4.79 Å². The Morgan fingerprint density at radius 3 is 2.84 bits per heavy atom. The summed E-state index contributed by atoms with van der Waals surface area (Å²) >= 11 is 0. The molecule has 0 aliphatic rings. The van der Waals surface area contributed by atoms with Crippen molar-refractivity contribution in [3.8, 4) is 0 Å². The first-order chi connectivity index (χ1) is 9.22. The maximum Gasteiger partial charge on any atom is 0.259 e. The SMILES string of the molecule is CCN(Cc1ccccn1)C(=O)c1c[nH]ccc1=O. The minimum absolute atomic E-state index is 0.153. The monoisotopic (exact) mass is 257 g/mol. The Bertz CT molecular complexity index is 607. The summed E-state index contributed by atoms with van der Waals surface area (Å²) in [6, 6.07) is 6.90. The van der Waals surface area contributed by atoms with Crippen molar-refractivity contribution in [2.24, 2.45) is 0 Å². The zero-order valence-electron chi connectivity index (χ0n) is 10.7. The maximum atomic E-state index is 12.3. The van der Waals surface area contributed by atoms with Crippen LogP contribution in [0.25, 0.3) is 0 Å². The lowest BCUT2D eigenvalue weighted by atomic mass is 10.2. The number of carbonyl (C=O) groups is 1. The van der Waals surface area contributed by atoms with Crippen molar-refractivity contribution in [3.05, 3.63) is 64.3 Å². The van der Waals surface area contributed by atoms with Gasteiger partial charge in [0.25, 0.3) is 5.91 Å². The van der Waals surface area contributed by atoms with Crippen LogP contribution in [0.4, 0.5) is 0 Å². The normalized spacial score (nSPS) is 10.2. The van der Waals surface area contributed by atoms with Crippen LogP contribution in [0, 0.1) is 0 Å². The molecule has 0 spiro atoms. The molecule has 19 heavy (non-hydrogen) atoms. The van der Waals surface area contributed by atoms with Crippen molar-refractivity contribution in [3.63, 3.8) is 0 Å². The molecule has 2 aromatic rings. The molecule has 5 heteroatoms. The van der Waals surface area contributed by atoms with E-state index in [2.05, 4.69) is 9.97 Å². The van der Waals surface area contributed by atoms with Gasteiger partial charge in [-0.05, 0) is 19.1 Å². The third kappa shape index (κ3) is 3.07. The second kappa shape index (κ2) is 5.95. The first-order valence-electron chi connectivity index (χ1n) is 6.08. The molecule has 2 aromatic heterocycles. The molecule has 0 unspecified atom stereocenters. The highest BCUT2D eigenvalue weighted by molar-refractivity contribution is 5.93. The molecule has 98 valence electrons. The third-order valence-corrected chi connectivity index (χ3v) is 2.80. The van der Waals surface area contributed by atoms with Gasteiger partial charge in [0.15, 0.2) is 5.43 Å². The van der Waals surface area contributed by atoms with Crippen molar-refractivity contribution in [1.29, 1.82) is 0 Å². The summed E-state index contributed by atoms with van der Waals surface area (Å²) in [4.78, 5) is 32.5. The number of pyridine rings is 2. The van der Waals surface area contributed by atoms with Gasteiger partial charge in [-0.3, -0.25) is 14.6 Å². The third-order valence-electron chi connectivity index (χ3n) is 2.80. The Morgan fingerprint density at radius 1 is 1.37 bits per heavy atom. The number of aromatic amines is 1. The van der Waals surface area contributed by atoms with Gasteiger partial charge in [0.1, 0.15) is 5.56 Å². The predicted octanol–water partition coefficient (Wildman–Crippen LogP) is 1.43. The number of H-pyrrole nitrogens is 1. The van der Waals surface area contributed by atoms with E-state index in [9.17, 15) is 9.59 Å². The zero-order chi connectivity index (χ0) is 13.7. The van der Waals surface area contributed by atoms with Crippen LogP contribution in [0.15, 0.2) is 47.7 Å². The standard InChI is InChI=1S/C14H15N3O2/c1-2-17(10-11-5-3-4-7-16-11)14(19)12-9-15-8-6-13(12)18/h3-9H,2,10H2,1H3,(H,15,18). The molecule has 0 aromatic carbocycles. The van der Waals surface area contributed by atoms with Crippen LogP contribution < -0.4 is 5.43 Å². The summed E-state index contributed by atoms with van der Waals surface area (Å²) in [5, 5.41) is 0.